The minimum Gasteiger partial charge on any atom is -0.347 e. The predicted octanol–water partition coefficient (Wildman–Crippen LogP) is 4.09. The fourth-order valence-corrected chi connectivity index (χ4v) is 4.84. The summed E-state index contributed by atoms with van der Waals surface area (Å²) in [5, 5.41) is 5.39. The number of nitrogens with zero attached hydrogens (tertiary/aromatic N) is 5. The average Bonchev–Trinajstić information content (AvgIpc) is 3.61. The van der Waals surface area contributed by atoms with Gasteiger partial charge in [-0.3, -0.25) is 4.79 Å². The second-order valence-electron chi connectivity index (χ2n) is 8.41. The molecule has 5 aromatic rings. The molecule has 1 aliphatic heterocycles. The summed E-state index contributed by atoms with van der Waals surface area (Å²) < 4.78 is 23.4. The number of fused-ring (bicyclic) bond motifs is 2. The number of halogens is 1. The van der Waals surface area contributed by atoms with E-state index in [1.54, 1.807) is 66.9 Å². The highest BCUT2D eigenvalue weighted by Gasteiger charge is 2.34. The van der Waals surface area contributed by atoms with Gasteiger partial charge in [-0.2, -0.15) is 8.75 Å². The number of nitrogens with one attached hydrogen (secondary N) is 3. The van der Waals surface area contributed by atoms with E-state index >= 15 is 0 Å². The highest BCUT2D eigenvalue weighted by Crippen LogP contribution is 2.30. The Bertz CT molecular complexity index is 1680. The maximum atomic E-state index is 15.0. The van der Waals surface area contributed by atoms with Gasteiger partial charge >= 0.3 is 6.03 Å². The van der Waals surface area contributed by atoms with Crippen LogP contribution in [0.15, 0.2) is 84.2 Å². The highest BCUT2D eigenvalue weighted by molar-refractivity contribution is 7.00. The summed E-state index contributed by atoms with van der Waals surface area (Å²) in [6, 6.07) is 17.8. The maximum absolute atomic E-state index is 15.0. The molecule has 0 spiro atoms. The Labute approximate surface area is 219 Å². The van der Waals surface area contributed by atoms with Gasteiger partial charge in [0.05, 0.1) is 47.4 Å². The molecule has 38 heavy (non-hydrogen) atoms. The zero-order valence-electron chi connectivity index (χ0n) is 19.6. The van der Waals surface area contributed by atoms with Crippen LogP contribution in [0.4, 0.5) is 20.6 Å². The van der Waals surface area contributed by atoms with Crippen LogP contribution in [0.2, 0.25) is 0 Å². The molecule has 10 nitrogen and oxygen atoms in total. The van der Waals surface area contributed by atoms with Gasteiger partial charge in [-0.05, 0) is 30.3 Å². The number of H-pyrrole nitrogens is 1. The first-order chi connectivity index (χ1) is 18.6. The molecule has 1 aliphatic rings. The van der Waals surface area contributed by atoms with Crippen LogP contribution in [0, 0.1) is 5.82 Å². The number of rotatable bonds is 5. The van der Waals surface area contributed by atoms with Crippen molar-refractivity contribution in [3.8, 4) is 0 Å². The summed E-state index contributed by atoms with van der Waals surface area (Å²) in [5.74, 6) is -0.997. The van der Waals surface area contributed by atoms with E-state index in [1.807, 2.05) is 0 Å². The molecule has 3 heterocycles. The number of benzodiazepines with no additional fused rings is 1. The zero-order chi connectivity index (χ0) is 26.1. The van der Waals surface area contributed by atoms with Crippen molar-refractivity contribution in [3.05, 3.63) is 102 Å². The quantitative estimate of drug-likeness (QED) is 0.318. The van der Waals surface area contributed by atoms with Gasteiger partial charge in [0.15, 0.2) is 0 Å². The molecule has 3 N–H and O–H groups in total. The Hall–Kier alpha value is -4.97. The van der Waals surface area contributed by atoms with Gasteiger partial charge in [-0.15, -0.1) is 0 Å². The Kier molecular flexibility index (Phi) is 6.06. The fourth-order valence-electron chi connectivity index (χ4n) is 4.29. The molecule has 6 rings (SSSR count). The predicted molar refractivity (Wildman–Crippen MR) is 142 cm³/mol. The van der Waals surface area contributed by atoms with Crippen molar-refractivity contribution in [2.75, 3.05) is 10.2 Å². The number of hydrogen-bond donors (Lipinski definition) is 3. The first kappa shape index (κ1) is 23.4. The highest BCUT2D eigenvalue weighted by atomic mass is 32.1. The normalized spacial score (nSPS) is 15.1. The van der Waals surface area contributed by atoms with Gasteiger partial charge in [-0.25, -0.2) is 19.2 Å². The van der Waals surface area contributed by atoms with E-state index < -0.39 is 23.9 Å². The number of imidazole rings is 1. The van der Waals surface area contributed by atoms with E-state index in [4.69, 9.17) is 0 Å². The molecular weight excluding hydrogens is 507 g/mol. The van der Waals surface area contributed by atoms with Gasteiger partial charge in [-0.1, -0.05) is 36.4 Å². The molecule has 188 valence electrons. The number of urea groups is 1. The number of carbonyl (C=O) groups is 2. The summed E-state index contributed by atoms with van der Waals surface area (Å²) in [6.07, 6.45) is 1.77. The Balaban J connectivity index is 1.41. The minimum absolute atomic E-state index is 0.138. The number of aliphatic imine (C=N–C) groups is 1. The van der Waals surface area contributed by atoms with Gasteiger partial charge in [0.25, 0.3) is 5.91 Å². The van der Waals surface area contributed by atoms with Crippen LogP contribution in [0.25, 0.3) is 11.0 Å². The number of carbonyl (C=O) groups excluding carboxylic acids is 2. The van der Waals surface area contributed by atoms with Gasteiger partial charge in [0, 0.05) is 17.3 Å². The summed E-state index contributed by atoms with van der Waals surface area (Å²) in [5.41, 5.74) is 3.81. The first-order valence-corrected chi connectivity index (χ1v) is 12.3. The van der Waals surface area contributed by atoms with E-state index in [0.29, 0.717) is 33.7 Å². The lowest BCUT2D eigenvalue weighted by Gasteiger charge is -2.25. The standard InChI is InChI=1S/C26H19FN8O2S/c27-18-8-3-1-6-16(18)22-17-7-2-4-11-21(17)35(13-15-12-28-14-29-15)25(36)24(31-22)32-26(37)30-19-9-5-10-20-23(19)34-38-33-20/h1-12,14,24H,13H2,(H,28,29)(H2,30,32,37)/t24-/m0/s1. The van der Waals surface area contributed by atoms with Crippen LogP contribution < -0.4 is 15.5 Å². The molecule has 0 unspecified atom stereocenters. The maximum Gasteiger partial charge on any atom is 0.321 e. The monoisotopic (exact) mass is 526 g/mol. The van der Waals surface area contributed by atoms with Crippen molar-refractivity contribution >= 4 is 51.8 Å². The van der Waals surface area contributed by atoms with Crippen LogP contribution in [0.5, 0.6) is 0 Å². The number of para-hydroxylation sites is 1. The van der Waals surface area contributed by atoms with E-state index in [9.17, 15) is 14.0 Å². The van der Waals surface area contributed by atoms with Crippen molar-refractivity contribution in [1.82, 2.24) is 24.0 Å². The molecule has 0 aliphatic carbocycles. The van der Waals surface area contributed by atoms with Crippen molar-refractivity contribution in [2.24, 2.45) is 4.99 Å². The number of amides is 3. The molecule has 0 saturated heterocycles. The summed E-state index contributed by atoms with van der Waals surface area (Å²) in [7, 11) is 0. The van der Waals surface area contributed by atoms with Crippen molar-refractivity contribution < 1.29 is 14.0 Å². The molecular formula is C26H19FN8O2S. The Morgan fingerprint density at radius 2 is 1.84 bits per heavy atom. The molecule has 0 fully saturated rings. The van der Waals surface area contributed by atoms with Crippen LogP contribution in [-0.4, -0.2) is 42.5 Å². The Morgan fingerprint density at radius 3 is 2.66 bits per heavy atom. The second kappa shape index (κ2) is 9.82. The topological polar surface area (TPSA) is 128 Å². The third-order valence-electron chi connectivity index (χ3n) is 6.02. The van der Waals surface area contributed by atoms with Gasteiger partial charge in [0.1, 0.15) is 16.9 Å². The Morgan fingerprint density at radius 1 is 1.03 bits per heavy atom. The van der Waals surface area contributed by atoms with Crippen molar-refractivity contribution in [1.29, 1.82) is 0 Å². The molecule has 3 aromatic carbocycles. The summed E-state index contributed by atoms with van der Waals surface area (Å²) >= 11 is 1.03. The first-order valence-electron chi connectivity index (χ1n) is 11.6. The SMILES string of the molecule is O=C(Nc1cccc2nsnc12)N[C@@H]1N=C(c2ccccc2F)c2ccccc2N(Cc2cnc[nH]2)C1=O. The smallest absolute Gasteiger partial charge is 0.321 e. The van der Waals surface area contributed by atoms with E-state index in [1.165, 1.54) is 17.3 Å². The van der Waals surface area contributed by atoms with E-state index in [2.05, 4.69) is 34.3 Å². The molecule has 1 atom stereocenters. The van der Waals surface area contributed by atoms with Crippen LogP contribution >= 0.6 is 11.7 Å². The average molecular weight is 527 g/mol. The largest absolute Gasteiger partial charge is 0.347 e. The van der Waals surface area contributed by atoms with E-state index in [-0.39, 0.29) is 17.8 Å². The molecule has 3 amide bonds. The molecule has 0 bridgehead atoms. The molecule has 0 saturated carbocycles. The van der Waals surface area contributed by atoms with Crippen molar-refractivity contribution in [3.63, 3.8) is 0 Å². The van der Waals surface area contributed by atoms with Crippen LogP contribution in [0.3, 0.4) is 0 Å². The number of aromatic nitrogens is 4. The van der Waals surface area contributed by atoms with Gasteiger partial charge < -0.3 is 20.5 Å². The number of hydrogen-bond acceptors (Lipinski definition) is 7. The third-order valence-corrected chi connectivity index (χ3v) is 6.56. The molecule has 2 aromatic heterocycles. The summed E-state index contributed by atoms with van der Waals surface area (Å²) in [6.45, 7) is 0.138. The van der Waals surface area contributed by atoms with E-state index in [0.717, 1.165) is 11.7 Å². The third kappa shape index (κ3) is 4.37. The van der Waals surface area contributed by atoms with Gasteiger partial charge in [0.2, 0.25) is 6.17 Å². The fraction of sp³-hybridized carbons (Fsp3) is 0.0769. The zero-order valence-corrected chi connectivity index (χ0v) is 20.4. The lowest BCUT2D eigenvalue weighted by Crippen LogP contribution is -2.48. The van der Waals surface area contributed by atoms with Crippen LogP contribution in [0.1, 0.15) is 16.8 Å². The molecule has 12 heteroatoms. The second-order valence-corrected chi connectivity index (χ2v) is 8.94. The summed E-state index contributed by atoms with van der Waals surface area (Å²) in [4.78, 5) is 40.1. The number of benzene rings is 3. The van der Waals surface area contributed by atoms with Crippen molar-refractivity contribution in [2.45, 2.75) is 12.7 Å². The number of aromatic amines is 1. The minimum atomic E-state index is -1.35. The number of anilines is 2. The lowest BCUT2D eigenvalue weighted by molar-refractivity contribution is -0.120. The van der Waals surface area contributed by atoms with Crippen LogP contribution in [-0.2, 0) is 11.3 Å². The molecule has 0 radical (unpaired) electrons. The lowest BCUT2D eigenvalue weighted by atomic mass is 9.99.